The van der Waals surface area contributed by atoms with Crippen molar-refractivity contribution in [1.82, 2.24) is 9.78 Å². The van der Waals surface area contributed by atoms with Gasteiger partial charge in [0.1, 0.15) is 0 Å². The first-order valence-corrected chi connectivity index (χ1v) is 9.16. The van der Waals surface area contributed by atoms with Crippen molar-refractivity contribution >= 4 is 12.2 Å². The quantitative estimate of drug-likeness (QED) is 0.421. The molecule has 0 aliphatic heterocycles. The van der Waals surface area contributed by atoms with E-state index >= 15 is 0 Å². The summed E-state index contributed by atoms with van der Waals surface area (Å²) < 4.78 is 2.01. The Kier molecular flexibility index (Phi) is 4.71. The number of para-hydroxylation sites is 1. The molecule has 0 spiro atoms. The number of hydrogen-bond acceptors (Lipinski definition) is 1. The third kappa shape index (κ3) is 3.90. The average molecular weight is 350 g/mol. The summed E-state index contributed by atoms with van der Waals surface area (Å²) in [4.78, 5) is 0. The lowest BCUT2D eigenvalue weighted by molar-refractivity contribution is 0.883. The third-order valence-electron chi connectivity index (χ3n) is 4.60. The molecule has 27 heavy (non-hydrogen) atoms. The van der Waals surface area contributed by atoms with Gasteiger partial charge in [-0.1, -0.05) is 83.9 Å². The minimum Gasteiger partial charge on any atom is -0.233 e. The van der Waals surface area contributed by atoms with E-state index < -0.39 is 0 Å². The van der Waals surface area contributed by atoms with Crippen LogP contribution in [0, 0.1) is 13.8 Å². The van der Waals surface area contributed by atoms with Gasteiger partial charge in [0.15, 0.2) is 0 Å². The minimum absolute atomic E-state index is 0.940. The number of hydrogen-bond donors (Lipinski definition) is 0. The molecule has 4 aromatic rings. The van der Waals surface area contributed by atoms with Crippen molar-refractivity contribution in [2.45, 2.75) is 13.8 Å². The Morgan fingerprint density at radius 2 is 1.33 bits per heavy atom. The van der Waals surface area contributed by atoms with Crippen molar-refractivity contribution in [3.63, 3.8) is 0 Å². The van der Waals surface area contributed by atoms with Crippen LogP contribution in [0.2, 0.25) is 0 Å². The fraction of sp³-hybridized carbons (Fsp3) is 0.0800. The molecule has 0 N–H and O–H groups in total. The summed E-state index contributed by atoms with van der Waals surface area (Å²) in [7, 11) is 0. The number of aryl methyl sites for hydroxylation is 2. The van der Waals surface area contributed by atoms with Gasteiger partial charge >= 0.3 is 0 Å². The van der Waals surface area contributed by atoms with E-state index in [2.05, 4.69) is 92.7 Å². The van der Waals surface area contributed by atoms with E-state index in [9.17, 15) is 0 Å². The van der Waals surface area contributed by atoms with E-state index in [1.54, 1.807) is 0 Å². The third-order valence-corrected chi connectivity index (χ3v) is 4.60. The Bertz CT molecular complexity index is 1050. The van der Waals surface area contributed by atoms with Gasteiger partial charge in [0.2, 0.25) is 0 Å². The monoisotopic (exact) mass is 350 g/mol. The topological polar surface area (TPSA) is 17.8 Å². The summed E-state index contributed by atoms with van der Waals surface area (Å²) in [6.45, 7) is 4.21. The highest BCUT2D eigenvalue weighted by Gasteiger charge is 2.10. The fourth-order valence-electron chi connectivity index (χ4n) is 3.04. The predicted octanol–water partition coefficient (Wildman–Crippen LogP) is 6.33. The Morgan fingerprint density at radius 3 is 2.00 bits per heavy atom. The smallest absolute Gasteiger partial charge is 0.0862 e. The van der Waals surface area contributed by atoms with Crippen LogP contribution < -0.4 is 0 Å². The largest absolute Gasteiger partial charge is 0.233 e. The Labute approximate surface area is 160 Å². The molecule has 1 aromatic heterocycles. The summed E-state index contributed by atoms with van der Waals surface area (Å²) in [6.07, 6.45) is 4.18. The van der Waals surface area contributed by atoms with Crippen LogP contribution in [-0.2, 0) is 0 Å². The first-order chi connectivity index (χ1) is 13.2. The maximum absolute atomic E-state index is 4.84. The molecule has 0 amide bonds. The zero-order valence-corrected chi connectivity index (χ0v) is 15.6. The van der Waals surface area contributed by atoms with E-state index in [0.717, 1.165) is 22.6 Å². The highest BCUT2D eigenvalue weighted by atomic mass is 15.3. The molecule has 132 valence electrons. The molecule has 0 unspecified atom stereocenters. The second kappa shape index (κ2) is 7.46. The van der Waals surface area contributed by atoms with Crippen molar-refractivity contribution < 1.29 is 0 Å². The van der Waals surface area contributed by atoms with Crippen LogP contribution in [-0.4, -0.2) is 9.78 Å². The first-order valence-electron chi connectivity index (χ1n) is 9.16. The van der Waals surface area contributed by atoms with Crippen LogP contribution in [0.4, 0.5) is 0 Å². The SMILES string of the molecule is Cc1ccc(C=Cc2cc(-c3ccc(C)cc3)n(-c3ccccc3)n2)cc1. The molecule has 2 nitrogen and oxygen atoms in total. The lowest BCUT2D eigenvalue weighted by Crippen LogP contribution is -1.98. The molecule has 0 bridgehead atoms. The van der Waals surface area contributed by atoms with Gasteiger partial charge in [-0.2, -0.15) is 5.10 Å². The van der Waals surface area contributed by atoms with Gasteiger partial charge < -0.3 is 0 Å². The minimum atomic E-state index is 0.940. The highest BCUT2D eigenvalue weighted by Crippen LogP contribution is 2.25. The number of rotatable bonds is 4. The lowest BCUT2D eigenvalue weighted by atomic mass is 10.1. The second-order valence-corrected chi connectivity index (χ2v) is 6.81. The lowest BCUT2D eigenvalue weighted by Gasteiger charge is -2.07. The molecule has 0 saturated heterocycles. The molecule has 1 heterocycles. The number of aromatic nitrogens is 2. The highest BCUT2D eigenvalue weighted by molar-refractivity contribution is 5.72. The van der Waals surface area contributed by atoms with Gasteiger partial charge in [-0.25, -0.2) is 4.68 Å². The van der Waals surface area contributed by atoms with Crippen LogP contribution in [0.15, 0.2) is 84.9 Å². The van der Waals surface area contributed by atoms with Crippen molar-refractivity contribution in [2.75, 3.05) is 0 Å². The Morgan fingerprint density at radius 1 is 0.704 bits per heavy atom. The molecule has 0 aliphatic rings. The maximum atomic E-state index is 4.84. The molecule has 2 heteroatoms. The van der Waals surface area contributed by atoms with Gasteiger partial charge in [-0.05, 0) is 43.7 Å². The van der Waals surface area contributed by atoms with Crippen molar-refractivity contribution in [1.29, 1.82) is 0 Å². The van der Waals surface area contributed by atoms with Crippen LogP contribution in [0.3, 0.4) is 0 Å². The molecule has 4 rings (SSSR count). The molecule has 3 aromatic carbocycles. The standard InChI is InChI=1S/C25H22N2/c1-19-8-12-21(13-9-19)14-17-23-18-25(22-15-10-20(2)11-16-22)27(26-23)24-6-4-3-5-7-24/h3-18H,1-2H3. The Hall–Kier alpha value is -3.39. The molecular formula is C25H22N2. The molecule has 0 fully saturated rings. The van der Waals surface area contributed by atoms with Crippen LogP contribution in [0.1, 0.15) is 22.4 Å². The molecule has 0 radical (unpaired) electrons. The van der Waals surface area contributed by atoms with Gasteiger partial charge in [0, 0.05) is 5.56 Å². The van der Waals surface area contributed by atoms with E-state index in [0.29, 0.717) is 0 Å². The molecule has 0 saturated carbocycles. The van der Waals surface area contributed by atoms with E-state index in [4.69, 9.17) is 5.10 Å². The fourth-order valence-corrected chi connectivity index (χ4v) is 3.04. The number of nitrogens with zero attached hydrogens (tertiary/aromatic N) is 2. The summed E-state index contributed by atoms with van der Waals surface area (Å²) in [5.41, 5.74) is 7.94. The van der Waals surface area contributed by atoms with E-state index in [1.165, 1.54) is 16.7 Å². The van der Waals surface area contributed by atoms with Crippen molar-refractivity contribution in [2.24, 2.45) is 0 Å². The van der Waals surface area contributed by atoms with Crippen molar-refractivity contribution in [3.8, 4) is 16.9 Å². The van der Waals surface area contributed by atoms with Crippen molar-refractivity contribution in [3.05, 3.63) is 107 Å². The summed E-state index contributed by atoms with van der Waals surface area (Å²) in [5.74, 6) is 0. The average Bonchev–Trinajstić information content (AvgIpc) is 3.13. The van der Waals surface area contributed by atoms with Crippen LogP contribution in [0.25, 0.3) is 29.1 Å². The van der Waals surface area contributed by atoms with E-state index in [-0.39, 0.29) is 0 Å². The van der Waals surface area contributed by atoms with Gasteiger partial charge in [0.25, 0.3) is 0 Å². The van der Waals surface area contributed by atoms with Crippen LogP contribution in [0.5, 0.6) is 0 Å². The normalized spacial score (nSPS) is 11.2. The van der Waals surface area contributed by atoms with Gasteiger partial charge in [-0.15, -0.1) is 0 Å². The Balaban J connectivity index is 1.75. The molecule has 0 aliphatic carbocycles. The zero-order valence-electron chi connectivity index (χ0n) is 15.6. The summed E-state index contributed by atoms with van der Waals surface area (Å²) in [6, 6.07) is 29.5. The predicted molar refractivity (Wildman–Crippen MR) is 114 cm³/mol. The zero-order chi connectivity index (χ0) is 18.6. The van der Waals surface area contributed by atoms with Gasteiger partial charge in [0.05, 0.1) is 17.1 Å². The van der Waals surface area contributed by atoms with E-state index in [1.807, 2.05) is 22.9 Å². The number of benzene rings is 3. The molecule has 0 atom stereocenters. The van der Waals surface area contributed by atoms with Crippen LogP contribution >= 0.6 is 0 Å². The van der Waals surface area contributed by atoms with Gasteiger partial charge in [-0.3, -0.25) is 0 Å². The summed E-state index contributed by atoms with van der Waals surface area (Å²) in [5, 5.41) is 4.84. The summed E-state index contributed by atoms with van der Waals surface area (Å²) >= 11 is 0. The second-order valence-electron chi connectivity index (χ2n) is 6.81. The molecular weight excluding hydrogens is 328 g/mol. The maximum Gasteiger partial charge on any atom is 0.0862 e. The first kappa shape index (κ1) is 17.0.